The fourth-order valence-corrected chi connectivity index (χ4v) is 6.13. The number of carbonyl (C=O) groups is 3. The highest BCUT2D eigenvalue weighted by Gasteiger charge is 2.72. The van der Waals surface area contributed by atoms with Crippen LogP contribution in [0.3, 0.4) is 0 Å². The molecule has 2 bridgehead atoms. The van der Waals surface area contributed by atoms with E-state index in [2.05, 4.69) is 4.90 Å². The van der Waals surface area contributed by atoms with Gasteiger partial charge in [0.1, 0.15) is 5.76 Å². The molecule has 0 saturated carbocycles. The number of rotatable bonds is 6. The minimum Gasteiger partial charge on any atom is -0.504 e. The smallest absolute Gasteiger partial charge is 0.344 e. The van der Waals surface area contributed by atoms with Crippen LogP contribution in [-0.4, -0.2) is 75.6 Å². The number of likely N-dealkylation sites (N-methyl/N-ethyl adjacent to an activating group) is 1. The zero-order chi connectivity index (χ0) is 24.4. The van der Waals surface area contributed by atoms with Gasteiger partial charge in [-0.1, -0.05) is 6.07 Å². The van der Waals surface area contributed by atoms with Crippen LogP contribution in [0.4, 0.5) is 0 Å². The van der Waals surface area contributed by atoms with Crippen molar-refractivity contribution in [3.8, 4) is 11.5 Å². The first-order valence-electron chi connectivity index (χ1n) is 11.4. The standard InChI is InChI=1S/C24H27NO9/c1-12(22(29)30)32-17(27)5-6-18(28)33-15-7-8-24(31)16-11-13-3-4-14(26)20-19(13)23(24,21(15)34-20)9-10-25(16)2/h3-4,7,12,16,21,26,31H,5-6,8-11H2,1-2H3,(H,29,30)/t12-,16+,21?,23?,24+/m0/s1. The van der Waals surface area contributed by atoms with Crippen molar-refractivity contribution >= 4 is 17.9 Å². The third-order valence-corrected chi connectivity index (χ3v) is 7.77. The second-order valence-electron chi connectivity index (χ2n) is 9.55. The summed E-state index contributed by atoms with van der Waals surface area (Å²) in [5.74, 6) is -2.25. The molecule has 2 aliphatic carbocycles. The number of ether oxygens (including phenoxy) is 3. The van der Waals surface area contributed by atoms with Gasteiger partial charge in [0.25, 0.3) is 0 Å². The molecule has 5 atom stereocenters. The lowest BCUT2D eigenvalue weighted by molar-refractivity contribution is -0.170. The van der Waals surface area contributed by atoms with Crippen LogP contribution in [0.5, 0.6) is 11.5 Å². The molecule has 1 fully saturated rings. The highest BCUT2D eigenvalue weighted by molar-refractivity contribution is 5.81. The van der Waals surface area contributed by atoms with Crippen molar-refractivity contribution in [1.82, 2.24) is 4.90 Å². The number of aliphatic carboxylic acids is 1. The molecule has 2 aliphatic heterocycles. The Kier molecular flexibility index (Phi) is 5.14. The van der Waals surface area contributed by atoms with Crippen molar-refractivity contribution in [1.29, 1.82) is 0 Å². The summed E-state index contributed by atoms with van der Waals surface area (Å²) in [6, 6.07) is 3.29. The normalized spacial score (nSPS) is 31.6. The van der Waals surface area contributed by atoms with Gasteiger partial charge in [-0.05, 0) is 51.1 Å². The van der Waals surface area contributed by atoms with E-state index in [4.69, 9.17) is 19.3 Å². The van der Waals surface area contributed by atoms with Gasteiger partial charge >= 0.3 is 17.9 Å². The van der Waals surface area contributed by atoms with E-state index >= 15 is 0 Å². The summed E-state index contributed by atoms with van der Waals surface area (Å²) in [7, 11) is 1.98. The van der Waals surface area contributed by atoms with Crippen molar-refractivity contribution in [3.05, 3.63) is 35.1 Å². The first-order valence-corrected chi connectivity index (χ1v) is 11.4. The fourth-order valence-electron chi connectivity index (χ4n) is 6.13. The van der Waals surface area contributed by atoms with E-state index < -0.39 is 41.1 Å². The number of aliphatic hydroxyl groups is 1. The van der Waals surface area contributed by atoms with Crippen molar-refractivity contribution in [2.75, 3.05) is 13.6 Å². The van der Waals surface area contributed by atoms with E-state index in [1.807, 2.05) is 13.1 Å². The molecule has 10 nitrogen and oxygen atoms in total. The zero-order valence-corrected chi connectivity index (χ0v) is 18.9. The lowest BCUT2D eigenvalue weighted by Crippen LogP contribution is -2.74. The average molecular weight is 473 g/mol. The molecule has 182 valence electrons. The number of carboxylic acid groups (broad SMARTS) is 1. The first kappa shape index (κ1) is 22.7. The van der Waals surface area contributed by atoms with Crippen LogP contribution >= 0.6 is 0 Å². The lowest BCUT2D eigenvalue weighted by atomic mass is 9.50. The summed E-state index contributed by atoms with van der Waals surface area (Å²) < 4.78 is 16.6. The van der Waals surface area contributed by atoms with Crippen molar-refractivity contribution in [2.24, 2.45) is 0 Å². The molecule has 1 aromatic carbocycles. The van der Waals surface area contributed by atoms with Gasteiger partial charge in [0.15, 0.2) is 23.7 Å². The van der Waals surface area contributed by atoms with Crippen LogP contribution in [0.25, 0.3) is 0 Å². The molecular weight excluding hydrogens is 446 g/mol. The number of hydrogen-bond donors (Lipinski definition) is 3. The predicted molar refractivity (Wildman–Crippen MR) is 115 cm³/mol. The Morgan fingerprint density at radius 2 is 2.00 bits per heavy atom. The number of aromatic hydroxyl groups is 1. The monoisotopic (exact) mass is 473 g/mol. The number of phenolic OH excluding ortho intramolecular Hbond substituents is 1. The molecular formula is C24H27NO9. The predicted octanol–water partition coefficient (Wildman–Crippen LogP) is 1.01. The maximum Gasteiger partial charge on any atom is 0.344 e. The van der Waals surface area contributed by atoms with Crippen molar-refractivity contribution in [2.45, 2.75) is 68.3 Å². The van der Waals surface area contributed by atoms with Crippen LogP contribution in [-0.2, 0) is 35.7 Å². The van der Waals surface area contributed by atoms with Gasteiger partial charge in [-0.2, -0.15) is 0 Å². The quantitative estimate of drug-likeness (QED) is 0.512. The van der Waals surface area contributed by atoms with E-state index in [0.29, 0.717) is 25.1 Å². The third kappa shape index (κ3) is 3.05. The molecule has 34 heavy (non-hydrogen) atoms. The summed E-state index contributed by atoms with van der Waals surface area (Å²) in [4.78, 5) is 37.4. The summed E-state index contributed by atoms with van der Waals surface area (Å²) in [6.07, 6.45) is 0.337. The lowest BCUT2D eigenvalue weighted by Gasteiger charge is -2.61. The fraction of sp³-hybridized carbons (Fsp3) is 0.542. The summed E-state index contributed by atoms with van der Waals surface area (Å²) in [6.45, 7) is 1.93. The Morgan fingerprint density at radius 3 is 2.74 bits per heavy atom. The van der Waals surface area contributed by atoms with Gasteiger partial charge in [-0.15, -0.1) is 0 Å². The number of hydrogen-bond acceptors (Lipinski definition) is 9. The largest absolute Gasteiger partial charge is 0.504 e. The van der Waals surface area contributed by atoms with E-state index in [1.54, 1.807) is 12.1 Å². The number of nitrogens with zero attached hydrogens (tertiary/aromatic N) is 1. The van der Waals surface area contributed by atoms with Gasteiger partial charge in [-0.3, -0.25) is 9.59 Å². The maximum atomic E-state index is 12.6. The molecule has 1 aromatic rings. The molecule has 4 aliphatic rings. The molecule has 5 rings (SSSR count). The number of piperidine rings is 1. The minimum atomic E-state index is -1.31. The molecule has 1 saturated heterocycles. The maximum absolute atomic E-state index is 12.6. The number of benzene rings is 1. The van der Waals surface area contributed by atoms with Gasteiger partial charge < -0.3 is 34.4 Å². The molecule has 2 heterocycles. The summed E-state index contributed by atoms with van der Waals surface area (Å²) >= 11 is 0. The average Bonchev–Trinajstić information content (AvgIpc) is 3.14. The highest BCUT2D eigenvalue weighted by Crippen LogP contribution is 2.65. The second kappa shape index (κ2) is 7.71. The van der Waals surface area contributed by atoms with Gasteiger partial charge in [0.2, 0.25) is 0 Å². The molecule has 1 spiro atoms. The topological polar surface area (TPSA) is 143 Å². The zero-order valence-electron chi connectivity index (χ0n) is 18.9. The van der Waals surface area contributed by atoms with Crippen LogP contribution in [0.1, 0.15) is 43.7 Å². The van der Waals surface area contributed by atoms with E-state index in [-0.39, 0.29) is 36.8 Å². The Morgan fingerprint density at radius 1 is 1.26 bits per heavy atom. The molecule has 0 aromatic heterocycles. The van der Waals surface area contributed by atoms with Crippen molar-refractivity contribution < 1.29 is 43.9 Å². The number of carbonyl (C=O) groups excluding carboxylic acids is 2. The Balaban J connectivity index is 1.40. The van der Waals surface area contributed by atoms with Crippen LogP contribution < -0.4 is 4.74 Å². The molecule has 2 unspecified atom stereocenters. The van der Waals surface area contributed by atoms with Crippen molar-refractivity contribution in [3.63, 3.8) is 0 Å². The van der Waals surface area contributed by atoms with Crippen LogP contribution in [0.2, 0.25) is 0 Å². The Labute approximate surface area is 195 Å². The highest BCUT2D eigenvalue weighted by atomic mass is 16.6. The van der Waals surface area contributed by atoms with E-state index in [0.717, 1.165) is 11.1 Å². The first-order chi connectivity index (χ1) is 16.1. The van der Waals surface area contributed by atoms with Crippen LogP contribution in [0, 0.1) is 0 Å². The van der Waals surface area contributed by atoms with Gasteiger partial charge in [-0.25, -0.2) is 4.79 Å². The Hall–Kier alpha value is -3.11. The number of phenols is 1. The van der Waals surface area contributed by atoms with E-state index in [1.165, 1.54) is 6.92 Å². The van der Waals surface area contributed by atoms with E-state index in [9.17, 15) is 24.6 Å². The summed E-state index contributed by atoms with van der Waals surface area (Å²) in [5.41, 5.74) is -0.244. The minimum absolute atomic E-state index is 0.0248. The Bertz CT molecular complexity index is 1110. The van der Waals surface area contributed by atoms with Gasteiger partial charge in [0.05, 0.1) is 23.9 Å². The van der Waals surface area contributed by atoms with Gasteiger partial charge in [0, 0.05) is 18.0 Å². The molecule has 0 radical (unpaired) electrons. The molecule has 10 heteroatoms. The molecule has 3 N–H and O–H groups in total. The number of esters is 2. The summed E-state index contributed by atoms with van der Waals surface area (Å²) in [5, 5.41) is 31.4. The number of likely N-dealkylation sites (tertiary alicyclic amines) is 1. The number of carboxylic acids is 1. The van der Waals surface area contributed by atoms with Crippen LogP contribution in [0.15, 0.2) is 24.0 Å². The second-order valence-corrected chi connectivity index (χ2v) is 9.55. The molecule has 0 amide bonds. The SMILES string of the molecule is C[C@H](OC(=O)CCC(=O)OC1=CC[C@@]2(O)[C@H]3Cc4ccc(O)c5c4C2(CCN3C)C1O5)C(=O)O. The third-order valence-electron chi connectivity index (χ3n) is 7.77.